The first kappa shape index (κ1) is 33.2. The van der Waals surface area contributed by atoms with Crippen molar-refractivity contribution in [1.82, 2.24) is 13.7 Å². The minimum atomic E-state index is -0.0281. The van der Waals surface area contributed by atoms with Crippen LogP contribution in [0.1, 0.15) is 0 Å². The van der Waals surface area contributed by atoms with Crippen LogP contribution in [0.15, 0.2) is 217 Å². The zero-order chi connectivity index (χ0) is 39.0. The molecule has 4 heteroatoms. The van der Waals surface area contributed by atoms with Gasteiger partial charge in [-0.05, 0) is 107 Å². The largest absolute Gasteiger partial charge is 0.309 e. The molecule has 0 bridgehead atoms. The van der Waals surface area contributed by atoms with E-state index in [1.807, 2.05) is 22.8 Å². The van der Waals surface area contributed by atoms with Gasteiger partial charge in [-0.2, -0.15) is 0 Å². The van der Waals surface area contributed by atoms with Crippen LogP contribution in [-0.2, 0) is 0 Å². The maximum atomic E-state index is 14.3. The fourth-order valence-corrected chi connectivity index (χ4v) is 9.33. The van der Waals surface area contributed by atoms with Gasteiger partial charge in [-0.15, -0.1) is 0 Å². The summed E-state index contributed by atoms with van der Waals surface area (Å²) in [6.45, 7) is 0. The highest BCUT2D eigenvalue weighted by molar-refractivity contribution is 6.11. The van der Waals surface area contributed by atoms with E-state index in [9.17, 15) is 4.79 Å². The molecule has 0 aliphatic rings. The van der Waals surface area contributed by atoms with Crippen LogP contribution in [0.5, 0.6) is 0 Å². The molecular weight excluding hydrogens is 719 g/mol. The predicted molar refractivity (Wildman–Crippen MR) is 247 cm³/mol. The molecule has 4 nitrogen and oxygen atoms in total. The summed E-state index contributed by atoms with van der Waals surface area (Å²) in [7, 11) is 0. The first-order chi connectivity index (χ1) is 29.2. The van der Waals surface area contributed by atoms with E-state index in [4.69, 9.17) is 0 Å². The van der Waals surface area contributed by atoms with Gasteiger partial charge in [-0.3, -0.25) is 9.36 Å². The van der Waals surface area contributed by atoms with E-state index in [2.05, 4.69) is 203 Å². The molecule has 12 aromatic rings. The minimum absolute atomic E-state index is 0.0281. The van der Waals surface area contributed by atoms with Crippen molar-refractivity contribution in [2.45, 2.75) is 0 Å². The lowest BCUT2D eigenvalue weighted by Crippen LogP contribution is -2.19. The molecule has 0 amide bonds. The molecule has 59 heavy (non-hydrogen) atoms. The third-order valence-corrected chi connectivity index (χ3v) is 12.1. The van der Waals surface area contributed by atoms with Crippen LogP contribution in [-0.4, -0.2) is 13.7 Å². The van der Waals surface area contributed by atoms with Crippen molar-refractivity contribution < 1.29 is 0 Å². The fraction of sp³-hybridized carbons (Fsp3) is 0. The summed E-state index contributed by atoms with van der Waals surface area (Å²) >= 11 is 0. The van der Waals surface area contributed by atoms with Crippen LogP contribution >= 0.6 is 0 Å². The maximum Gasteiger partial charge on any atom is 0.263 e. The Hall–Kier alpha value is -7.95. The molecule has 12 rings (SSSR count). The van der Waals surface area contributed by atoms with Gasteiger partial charge in [0.1, 0.15) is 0 Å². The zero-order valence-corrected chi connectivity index (χ0v) is 32.0. The Morgan fingerprint density at radius 3 is 0.966 bits per heavy atom. The summed E-state index contributed by atoms with van der Waals surface area (Å²) in [5.41, 5.74) is 13.1. The highest BCUT2D eigenvalue weighted by Crippen LogP contribution is 2.36. The van der Waals surface area contributed by atoms with Crippen molar-refractivity contribution in [3.8, 4) is 39.3 Å². The third-order valence-electron chi connectivity index (χ3n) is 12.1. The summed E-state index contributed by atoms with van der Waals surface area (Å²) in [5, 5.41) is 7.69. The van der Waals surface area contributed by atoms with Gasteiger partial charge >= 0.3 is 0 Å². The van der Waals surface area contributed by atoms with Crippen LogP contribution in [0, 0.1) is 0 Å². The molecule has 0 aliphatic heterocycles. The summed E-state index contributed by atoms with van der Waals surface area (Å²) in [4.78, 5) is 14.3. The minimum Gasteiger partial charge on any atom is -0.309 e. The zero-order valence-electron chi connectivity index (χ0n) is 32.0. The average Bonchev–Trinajstić information content (AvgIpc) is 3.83. The predicted octanol–water partition coefficient (Wildman–Crippen LogP) is 13.7. The van der Waals surface area contributed by atoms with Gasteiger partial charge in [0.15, 0.2) is 0 Å². The second-order valence-electron chi connectivity index (χ2n) is 15.3. The van der Waals surface area contributed by atoms with E-state index in [1.165, 1.54) is 43.6 Å². The number of para-hydroxylation sites is 4. The molecule has 0 radical (unpaired) electrons. The van der Waals surface area contributed by atoms with E-state index in [1.54, 1.807) is 0 Å². The number of benzene rings is 9. The Kier molecular flexibility index (Phi) is 7.35. The highest BCUT2D eigenvalue weighted by atomic mass is 16.1. The Bertz CT molecular complexity index is 3560. The number of hydrogen-bond donors (Lipinski definition) is 0. The SMILES string of the molecule is O=c1c2ccccc2c2cc(-c3ccc(-n4c5ccccc5c5ccccc54)cc3)ccc2n1-c1ccc(-c2ccc(-n3c4ccccc4c4ccccc43)cc2)cc1. The summed E-state index contributed by atoms with van der Waals surface area (Å²) < 4.78 is 6.54. The fourth-order valence-electron chi connectivity index (χ4n) is 9.33. The molecule has 9 aromatic carbocycles. The number of fused-ring (bicyclic) bond motifs is 9. The normalized spacial score (nSPS) is 11.8. The topological polar surface area (TPSA) is 31.9 Å². The molecule has 3 aromatic heterocycles. The third kappa shape index (κ3) is 5.13. The first-order valence-electron chi connectivity index (χ1n) is 20.1. The lowest BCUT2D eigenvalue weighted by atomic mass is 9.99. The van der Waals surface area contributed by atoms with Gasteiger partial charge in [0.2, 0.25) is 0 Å². The molecule has 0 N–H and O–H groups in total. The molecule has 0 saturated heterocycles. The van der Waals surface area contributed by atoms with Gasteiger partial charge in [0.05, 0.1) is 27.6 Å². The summed E-state index contributed by atoms with van der Waals surface area (Å²) in [6, 6.07) is 74.7. The quantitative estimate of drug-likeness (QED) is 0.161. The lowest BCUT2D eigenvalue weighted by molar-refractivity contribution is 1.06. The van der Waals surface area contributed by atoms with Gasteiger partial charge in [0, 0.05) is 49.4 Å². The van der Waals surface area contributed by atoms with Crippen LogP contribution in [0.4, 0.5) is 0 Å². The Labute approximate surface area is 339 Å². The Balaban J connectivity index is 0.908. The van der Waals surface area contributed by atoms with Crippen molar-refractivity contribution in [2.75, 3.05) is 0 Å². The van der Waals surface area contributed by atoms with Gasteiger partial charge in [-0.1, -0.05) is 133 Å². The van der Waals surface area contributed by atoms with Crippen molar-refractivity contribution in [2.24, 2.45) is 0 Å². The van der Waals surface area contributed by atoms with Crippen molar-refractivity contribution >= 4 is 65.3 Å². The summed E-state index contributed by atoms with van der Waals surface area (Å²) in [6.07, 6.45) is 0. The van der Waals surface area contributed by atoms with Crippen LogP contribution < -0.4 is 5.56 Å². The highest BCUT2D eigenvalue weighted by Gasteiger charge is 2.16. The second-order valence-corrected chi connectivity index (χ2v) is 15.3. The van der Waals surface area contributed by atoms with E-state index >= 15 is 0 Å². The number of nitrogens with zero attached hydrogens (tertiary/aromatic N) is 3. The van der Waals surface area contributed by atoms with Crippen molar-refractivity contribution in [3.05, 3.63) is 223 Å². The van der Waals surface area contributed by atoms with E-state index < -0.39 is 0 Å². The molecule has 0 atom stereocenters. The smallest absolute Gasteiger partial charge is 0.263 e. The molecule has 0 fully saturated rings. The lowest BCUT2D eigenvalue weighted by Gasteiger charge is -2.15. The maximum absolute atomic E-state index is 14.3. The first-order valence-corrected chi connectivity index (χ1v) is 20.1. The van der Waals surface area contributed by atoms with Crippen LogP contribution in [0.25, 0.3) is 105 Å². The second kappa shape index (κ2) is 13.1. The molecule has 3 heterocycles. The van der Waals surface area contributed by atoms with Gasteiger partial charge in [0.25, 0.3) is 5.56 Å². The molecule has 0 aliphatic carbocycles. The Morgan fingerprint density at radius 2 is 0.542 bits per heavy atom. The monoisotopic (exact) mass is 753 g/mol. The van der Waals surface area contributed by atoms with E-state index in [-0.39, 0.29) is 5.56 Å². The number of aromatic nitrogens is 3. The Morgan fingerprint density at radius 1 is 0.237 bits per heavy atom. The molecule has 276 valence electrons. The number of pyridine rings is 1. The van der Waals surface area contributed by atoms with E-state index in [0.29, 0.717) is 5.39 Å². The van der Waals surface area contributed by atoms with Crippen LogP contribution in [0.2, 0.25) is 0 Å². The molecule has 0 spiro atoms. The van der Waals surface area contributed by atoms with Gasteiger partial charge in [-0.25, -0.2) is 0 Å². The van der Waals surface area contributed by atoms with Crippen molar-refractivity contribution in [3.63, 3.8) is 0 Å². The molecule has 0 saturated carbocycles. The molecular formula is C55H35N3O. The number of rotatable bonds is 5. The average molecular weight is 754 g/mol. The van der Waals surface area contributed by atoms with Crippen molar-refractivity contribution in [1.29, 1.82) is 0 Å². The summed E-state index contributed by atoms with van der Waals surface area (Å²) in [5.74, 6) is 0. The standard InChI is InChI=1S/C55H35N3O/c59-55-48-16-2-1-11-43(48)49-35-39(38-25-30-41(31-26-38)57-52-19-9-5-14-46(52)47-15-6-10-20-53(47)57)27-34-54(49)58(55)42-32-23-37(24-33-42)36-21-28-40(29-22-36)56-50-17-7-3-12-44(50)45-13-4-8-18-51(45)56/h1-35H. The van der Waals surface area contributed by atoms with Gasteiger partial charge < -0.3 is 9.13 Å². The van der Waals surface area contributed by atoms with Crippen LogP contribution in [0.3, 0.4) is 0 Å². The molecule has 0 unspecified atom stereocenters. The number of hydrogen-bond acceptors (Lipinski definition) is 1. The van der Waals surface area contributed by atoms with E-state index in [0.717, 1.165) is 55.6 Å².